The van der Waals surface area contributed by atoms with Crippen LogP contribution in [0.4, 0.5) is 19.1 Å². The van der Waals surface area contributed by atoms with Crippen LogP contribution in [0.25, 0.3) is 0 Å². The summed E-state index contributed by atoms with van der Waals surface area (Å²) in [7, 11) is 0. The van der Waals surface area contributed by atoms with Gasteiger partial charge in [0.1, 0.15) is 0 Å². The third kappa shape index (κ3) is 5.61. The number of rotatable bonds is 3. The molecule has 0 amide bonds. The summed E-state index contributed by atoms with van der Waals surface area (Å²) in [5, 5.41) is 7.12. The van der Waals surface area contributed by atoms with Gasteiger partial charge in [-0.15, -0.1) is 0 Å². The maximum atomic E-state index is 10.6. The molecule has 2 aromatic heterocycles. The normalized spacial score (nSPS) is 21.8. The van der Waals surface area contributed by atoms with E-state index < -0.39 is 12.1 Å². The zero-order chi connectivity index (χ0) is 20.9. The fraction of sp³-hybridized carbons (Fsp3) is 0.444. The summed E-state index contributed by atoms with van der Waals surface area (Å²) in [4.78, 5) is 26.6. The van der Waals surface area contributed by atoms with Gasteiger partial charge in [0.2, 0.25) is 5.95 Å². The van der Waals surface area contributed by atoms with Gasteiger partial charge in [-0.3, -0.25) is 9.88 Å². The van der Waals surface area contributed by atoms with E-state index in [-0.39, 0.29) is 6.10 Å². The summed E-state index contributed by atoms with van der Waals surface area (Å²) in [6.07, 6.45) is 2.49. The number of anilines is 1. The summed E-state index contributed by atoms with van der Waals surface area (Å²) in [5.41, 5.74) is 1.24. The van der Waals surface area contributed by atoms with E-state index in [4.69, 9.17) is 14.6 Å². The lowest BCUT2D eigenvalue weighted by Gasteiger charge is -2.36. The van der Waals surface area contributed by atoms with Crippen molar-refractivity contribution in [3.05, 3.63) is 48.5 Å². The monoisotopic (exact) mass is 411 g/mol. The number of aromatic nitrogens is 3. The molecule has 4 rings (SSSR count). The maximum absolute atomic E-state index is 10.6. The van der Waals surface area contributed by atoms with Crippen LogP contribution in [0.15, 0.2) is 43.0 Å². The standard InChI is InChI=1S/C16H19N5O.C2HF3O2/c1-3-13(9-17-4-1)10-20-11-14-15(12-20)22-8-7-21(14)16-18-5-2-6-19-16;3-2(4,5)1(6)7/h1-6,9,14-15H,7-8,10-12H2;(H,6,7)/t14-,15+;/m1./s1. The number of carboxylic acid groups (broad SMARTS) is 1. The van der Waals surface area contributed by atoms with Crippen LogP contribution >= 0.6 is 0 Å². The SMILES string of the molecule is O=C(O)C(F)(F)F.c1cnc(N2CCO[C@H]3CN(Cc4cccnc4)C[C@H]32)nc1. The lowest BCUT2D eigenvalue weighted by molar-refractivity contribution is -0.192. The summed E-state index contributed by atoms with van der Waals surface area (Å²) in [6.45, 7) is 4.42. The predicted octanol–water partition coefficient (Wildman–Crippen LogP) is 1.59. The Hall–Kier alpha value is -2.79. The Morgan fingerprint density at radius 3 is 2.55 bits per heavy atom. The number of ether oxygens (including phenoxy) is 1. The molecule has 0 unspecified atom stereocenters. The zero-order valence-corrected chi connectivity index (χ0v) is 15.4. The van der Waals surface area contributed by atoms with Crippen LogP contribution < -0.4 is 4.90 Å². The number of morpholine rings is 1. The highest BCUT2D eigenvalue weighted by Gasteiger charge is 2.41. The van der Waals surface area contributed by atoms with Crippen LogP contribution in [0, 0.1) is 0 Å². The molecule has 0 bridgehead atoms. The minimum atomic E-state index is -5.08. The van der Waals surface area contributed by atoms with Gasteiger partial charge >= 0.3 is 12.1 Å². The van der Waals surface area contributed by atoms with Crippen molar-refractivity contribution in [1.82, 2.24) is 19.9 Å². The first-order valence-corrected chi connectivity index (χ1v) is 8.91. The van der Waals surface area contributed by atoms with Crippen molar-refractivity contribution in [2.75, 3.05) is 31.1 Å². The van der Waals surface area contributed by atoms with Gasteiger partial charge in [0.05, 0.1) is 18.8 Å². The first-order chi connectivity index (χ1) is 13.8. The van der Waals surface area contributed by atoms with Gasteiger partial charge < -0.3 is 14.7 Å². The highest BCUT2D eigenvalue weighted by molar-refractivity contribution is 5.73. The second-order valence-corrected chi connectivity index (χ2v) is 6.58. The number of fused-ring (bicyclic) bond motifs is 1. The summed E-state index contributed by atoms with van der Waals surface area (Å²) in [5.74, 6) is -1.95. The Morgan fingerprint density at radius 1 is 1.21 bits per heavy atom. The molecule has 0 radical (unpaired) electrons. The molecular weight excluding hydrogens is 391 g/mol. The molecular formula is C18H20F3N5O3. The molecule has 2 atom stereocenters. The molecule has 2 aliphatic rings. The van der Waals surface area contributed by atoms with Gasteiger partial charge in [-0.25, -0.2) is 14.8 Å². The fourth-order valence-corrected chi connectivity index (χ4v) is 3.33. The molecule has 2 aromatic rings. The average molecular weight is 411 g/mol. The number of aliphatic carboxylic acids is 1. The molecule has 156 valence electrons. The number of carboxylic acids is 1. The highest BCUT2D eigenvalue weighted by Crippen LogP contribution is 2.26. The predicted molar refractivity (Wildman–Crippen MR) is 96.1 cm³/mol. The van der Waals surface area contributed by atoms with E-state index >= 15 is 0 Å². The first-order valence-electron chi connectivity index (χ1n) is 8.91. The van der Waals surface area contributed by atoms with Crippen LogP contribution in [-0.2, 0) is 16.1 Å². The smallest absolute Gasteiger partial charge is 0.475 e. The molecule has 2 aliphatic heterocycles. The van der Waals surface area contributed by atoms with Crippen LogP contribution in [0.3, 0.4) is 0 Å². The van der Waals surface area contributed by atoms with Crippen molar-refractivity contribution in [1.29, 1.82) is 0 Å². The van der Waals surface area contributed by atoms with Gasteiger partial charge in [-0.05, 0) is 17.7 Å². The fourth-order valence-electron chi connectivity index (χ4n) is 3.33. The Morgan fingerprint density at radius 2 is 1.93 bits per heavy atom. The molecule has 8 nitrogen and oxygen atoms in total. The molecule has 29 heavy (non-hydrogen) atoms. The number of alkyl halides is 3. The van der Waals surface area contributed by atoms with Crippen molar-refractivity contribution < 1.29 is 27.8 Å². The zero-order valence-electron chi connectivity index (χ0n) is 15.4. The van der Waals surface area contributed by atoms with Crippen molar-refractivity contribution >= 4 is 11.9 Å². The van der Waals surface area contributed by atoms with Crippen LogP contribution in [-0.4, -0.2) is 75.5 Å². The van der Waals surface area contributed by atoms with Crippen LogP contribution in [0.5, 0.6) is 0 Å². The third-order valence-electron chi connectivity index (χ3n) is 4.56. The topological polar surface area (TPSA) is 91.7 Å². The van der Waals surface area contributed by atoms with Gasteiger partial charge in [-0.1, -0.05) is 6.07 Å². The van der Waals surface area contributed by atoms with Crippen molar-refractivity contribution in [2.24, 2.45) is 0 Å². The number of nitrogens with zero attached hydrogens (tertiary/aromatic N) is 5. The molecule has 1 N–H and O–H groups in total. The minimum absolute atomic E-state index is 0.231. The Kier molecular flexibility index (Phi) is 6.60. The molecule has 11 heteroatoms. The van der Waals surface area contributed by atoms with Gasteiger partial charge in [0.25, 0.3) is 0 Å². The van der Waals surface area contributed by atoms with Crippen LogP contribution in [0.1, 0.15) is 5.56 Å². The quantitative estimate of drug-likeness (QED) is 0.814. The largest absolute Gasteiger partial charge is 0.490 e. The molecule has 4 heterocycles. The number of hydrogen-bond donors (Lipinski definition) is 1. The van der Waals surface area contributed by atoms with Crippen molar-refractivity contribution in [3.8, 4) is 0 Å². The van der Waals surface area contributed by atoms with Gasteiger partial charge in [-0.2, -0.15) is 13.2 Å². The number of halogens is 3. The molecule has 0 aliphatic carbocycles. The number of carbonyl (C=O) groups is 1. The lowest BCUT2D eigenvalue weighted by Crippen LogP contribution is -2.51. The van der Waals surface area contributed by atoms with E-state index in [1.165, 1.54) is 5.56 Å². The van der Waals surface area contributed by atoms with Crippen LogP contribution in [0.2, 0.25) is 0 Å². The lowest BCUT2D eigenvalue weighted by atomic mass is 10.1. The molecule has 0 spiro atoms. The highest BCUT2D eigenvalue weighted by atomic mass is 19.4. The van der Waals surface area contributed by atoms with E-state index in [0.29, 0.717) is 6.04 Å². The van der Waals surface area contributed by atoms with E-state index in [1.807, 2.05) is 24.5 Å². The van der Waals surface area contributed by atoms with Crippen molar-refractivity contribution in [3.63, 3.8) is 0 Å². The Bertz CT molecular complexity index is 794. The summed E-state index contributed by atoms with van der Waals surface area (Å²) in [6, 6.07) is 6.28. The molecule has 0 saturated carbocycles. The average Bonchev–Trinajstić information content (AvgIpc) is 3.11. The third-order valence-corrected chi connectivity index (χ3v) is 4.56. The molecule has 2 saturated heterocycles. The number of likely N-dealkylation sites (tertiary alicyclic amines) is 1. The number of pyridine rings is 1. The van der Waals surface area contributed by atoms with Gasteiger partial charge in [0, 0.05) is 51.0 Å². The van der Waals surface area contributed by atoms with Gasteiger partial charge in [0.15, 0.2) is 0 Å². The Balaban J connectivity index is 0.000000298. The minimum Gasteiger partial charge on any atom is -0.475 e. The maximum Gasteiger partial charge on any atom is 0.490 e. The second-order valence-electron chi connectivity index (χ2n) is 6.58. The first kappa shape index (κ1) is 20.9. The molecule has 0 aromatic carbocycles. The van der Waals surface area contributed by atoms with E-state index in [2.05, 4.69) is 30.8 Å². The van der Waals surface area contributed by atoms with E-state index in [1.54, 1.807) is 12.4 Å². The summed E-state index contributed by atoms with van der Waals surface area (Å²) >= 11 is 0. The summed E-state index contributed by atoms with van der Waals surface area (Å²) < 4.78 is 37.7. The Labute approximate surface area is 165 Å². The second kappa shape index (κ2) is 9.14. The van der Waals surface area contributed by atoms with E-state index in [0.717, 1.165) is 38.7 Å². The van der Waals surface area contributed by atoms with E-state index in [9.17, 15) is 13.2 Å². The number of hydrogen-bond acceptors (Lipinski definition) is 7. The van der Waals surface area contributed by atoms with Crippen molar-refractivity contribution in [2.45, 2.75) is 24.9 Å². The molecule has 2 fully saturated rings.